The van der Waals surface area contributed by atoms with Crippen molar-refractivity contribution in [2.75, 3.05) is 27.3 Å². The van der Waals surface area contributed by atoms with Crippen LogP contribution >= 0.6 is 0 Å². The molecule has 26 heavy (non-hydrogen) atoms. The van der Waals surface area contributed by atoms with Crippen LogP contribution < -0.4 is 9.47 Å². The molecular formula is C20H23FN2O3. The fourth-order valence-corrected chi connectivity index (χ4v) is 2.58. The van der Waals surface area contributed by atoms with Gasteiger partial charge in [0.05, 0.1) is 19.6 Å². The molecule has 0 unspecified atom stereocenters. The van der Waals surface area contributed by atoms with Crippen LogP contribution in [0, 0.1) is 17.1 Å². The monoisotopic (exact) mass is 358 g/mol. The van der Waals surface area contributed by atoms with Crippen LogP contribution in [0.2, 0.25) is 0 Å². The highest BCUT2D eigenvalue weighted by Crippen LogP contribution is 2.18. The van der Waals surface area contributed by atoms with Gasteiger partial charge in [0.15, 0.2) is 11.6 Å². The lowest BCUT2D eigenvalue weighted by Gasteiger charge is -2.21. The van der Waals surface area contributed by atoms with Crippen LogP contribution in [0.25, 0.3) is 0 Å². The van der Waals surface area contributed by atoms with Crippen LogP contribution in [0.4, 0.5) is 4.39 Å². The van der Waals surface area contributed by atoms with E-state index >= 15 is 0 Å². The smallest absolute Gasteiger partial charge is 0.165 e. The molecule has 0 amide bonds. The molecule has 1 N–H and O–H groups in total. The van der Waals surface area contributed by atoms with Gasteiger partial charge in [0.25, 0.3) is 0 Å². The molecule has 5 nitrogen and oxygen atoms in total. The predicted molar refractivity (Wildman–Crippen MR) is 96.5 cm³/mol. The van der Waals surface area contributed by atoms with Gasteiger partial charge in [0.2, 0.25) is 0 Å². The van der Waals surface area contributed by atoms with Gasteiger partial charge >= 0.3 is 0 Å². The number of hydrogen-bond donors (Lipinski definition) is 1. The highest BCUT2D eigenvalue weighted by molar-refractivity contribution is 5.29. The van der Waals surface area contributed by atoms with Crippen LogP contribution in [-0.2, 0) is 13.0 Å². The number of aliphatic hydroxyl groups excluding tert-OH is 1. The zero-order valence-electron chi connectivity index (χ0n) is 15.0. The Morgan fingerprint density at radius 3 is 2.50 bits per heavy atom. The summed E-state index contributed by atoms with van der Waals surface area (Å²) >= 11 is 0. The number of likely N-dealkylation sites (N-methyl/N-ethyl adjacent to an activating group) is 1. The molecule has 1 atom stereocenters. The minimum absolute atomic E-state index is 0.152. The summed E-state index contributed by atoms with van der Waals surface area (Å²) in [6.07, 6.45) is -0.318. The summed E-state index contributed by atoms with van der Waals surface area (Å²) in [5, 5.41) is 18.8. The van der Waals surface area contributed by atoms with Crippen molar-refractivity contribution in [1.29, 1.82) is 5.26 Å². The lowest BCUT2D eigenvalue weighted by Crippen LogP contribution is -2.32. The molecule has 0 spiro atoms. The van der Waals surface area contributed by atoms with Gasteiger partial charge in [0.1, 0.15) is 18.5 Å². The van der Waals surface area contributed by atoms with E-state index in [9.17, 15) is 9.50 Å². The Balaban J connectivity index is 1.78. The topological polar surface area (TPSA) is 65.7 Å². The molecule has 0 heterocycles. The van der Waals surface area contributed by atoms with Crippen molar-refractivity contribution in [3.8, 4) is 17.6 Å². The van der Waals surface area contributed by atoms with E-state index < -0.39 is 11.9 Å². The molecule has 0 fully saturated rings. The first-order valence-electron chi connectivity index (χ1n) is 8.29. The molecule has 2 rings (SSSR count). The number of nitrogens with zero attached hydrogens (tertiary/aromatic N) is 2. The Hall–Kier alpha value is -2.62. The van der Waals surface area contributed by atoms with Crippen LogP contribution in [0.15, 0.2) is 42.5 Å². The second-order valence-electron chi connectivity index (χ2n) is 6.11. The van der Waals surface area contributed by atoms with E-state index in [-0.39, 0.29) is 12.4 Å². The van der Waals surface area contributed by atoms with Gasteiger partial charge < -0.3 is 14.6 Å². The molecule has 0 aromatic heterocycles. The minimum Gasteiger partial charge on any atom is -0.494 e. The Bertz CT molecular complexity index is 744. The van der Waals surface area contributed by atoms with Crippen molar-refractivity contribution in [3.63, 3.8) is 0 Å². The Kier molecular flexibility index (Phi) is 7.39. The third-order valence-corrected chi connectivity index (χ3v) is 3.84. The molecule has 2 aromatic carbocycles. The van der Waals surface area contributed by atoms with Gasteiger partial charge in [-0.1, -0.05) is 18.2 Å². The number of hydrogen-bond acceptors (Lipinski definition) is 5. The first kappa shape index (κ1) is 19.7. The van der Waals surface area contributed by atoms with Gasteiger partial charge in [-0.15, -0.1) is 0 Å². The average Bonchev–Trinajstić information content (AvgIpc) is 2.61. The lowest BCUT2D eigenvalue weighted by atomic mass is 10.2. The molecule has 2 aromatic rings. The molecule has 0 bridgehead atoms. The number of aliphatic hydroxyl groups is 1. The van der Waals surface area contributed by atoms with Crippen molar-refractivity contribution in [2.45, 2.75) is 19.1 Å². The summed E-state index contributed by atoms with van der Waals surface area (Å²) in [6, 6.07) is 14.1. The average molecular weight is 358 g/mol. The van der Waals surface area contributed by atoms with Crippen LogP contribution in [0.5, 0.6) is 11.5 Å². The fourth-order valence-electron chi connectivity index (χ4n) is 2.58. The summed E-state index contributed by atoms with van der Waals surface area (Å²) < 4.78 is 24.2. The highest BCUT2D eigenvalue weighted by Gasteiger charge is 2.11. The third-order valence-electron chi connectivity index (χ3n) is 3.84. The number of ether oxygens (including phenoxy) is 2. The Labute approximate surface area is 153 Å². The molecule has 0 aliphatic rings. The summed E-state index contributed by atoms with van der Waals surface area (Å²) in [5.41, 5.74) is 1.72. The maximum Gasteiger partial charge on any atom is 0.165 e. The van der Waals surface area contributed by atoms with E-state index in [0.717, 1.165) is 11.1 Å². The molecule has 6 heteroatoms. The van der Waals surface area contributed by atoms with Gasteiger partial charge in [0, 0.05) is 13.1 Å². The first-order chi connectivity index (χ1) is 12.5. The van der Waals surface area contributed by atoms with E-state index in [2.05, 4.69) is 6.07 Å². The Morgan fingerprint density at radius 2 is 1.88 bits per heavy atom. The predicted octanol–water partition coefficient (Wildman–Crippen LogP) is 2.77. The summed E-state index contributed by atoms with van der Waals surface area (Å²) in [7, 11) is 3.28. The van der Waals surface area contributed by atoms with E-state index in [1.807, 2.05) is 24.1 Å². The zero-order chi connectivity index (χ0) is 18.9. The van der Waals surface area contributed by atoms with E-state index in [0.29, 0.717) is 25.3 Å². The zero-order valence-corrected chi connectivity index (χ0v) is 15.0. The molecule has 0 saturated heterocycles. The second-order valence-corrected chi connectivity index (χ2v) is 6.11. The van der Waals surface area contributed by atoms with Crippen LogP contribution in [0.3, 0.4) is 0 Å². The van der Waals surface area contributed by atoms with E-state index in [1.165, 1.54) is 13.2 Å². The lowest BCUT2D eigenvalue weighted by molar-refractivity contribution is 0.0743. The van der Waals surface area contributed by atoms with Gasteiger partial charge in [-0.25, -0.2) is 4.39 Å². The third kappa shape index (κ3) is 6.03. The van der Waals surface area contributed by atoms with Crippen LogP contribution in [0.1, 0.15) is 11.1 Å². The number of nitriles is 1. The minimum atomic E-state index is -0.679. The molecule has 0 aliphatic carbocycles. The highest BCUT2D eigenvalue weighted by atomic mass is 19.1. The van der Waals surface area contributed by atoms with E-state index in [4.69, 9.17) is 14.7 Å². The van der Waals surface area contributed by atoms with Crippen molar-refractivity contribution in [3.05, 3.63) is 59.4 Å². The maximum atomic E-state index is 13.7. The molecule has 0 radical (unpaired) electrons. The van der Waals surface area contributed by atoms with Crippen LogP contribution in [-0.4, -0.2) is 43.4 Å². The quantitative estimate of drug-likeness (QED) is 0.747. The fraction of sp³-hybridized carbons (Fsp3) is 0.350. The summed E-state index contributed by atoms with van der Waals surface area (Å²) in [5.74, 6) is 0.457. The van der Waals surface area contributed by atoms with Crippen molar-refractivity contribution < 1.29 is 19.0 Å². The van der Waals surface area contributed by atoms with Crippen molar-refractivity contribution in [2.24, 2.45) is 0 Å². The number of rotatable bonds is 9. The second kappa shape index (κ2) is 9.76. The maximum absolute atomic E-state index is 13.7. The number of benzene rings is 2. The first-order valence-corrected chi connectivity index (χ1v) is 8.29. The van der Waals surface area contributed by atoms with Crippen molar-refractivity contribution >= 4 is 0 Å². The normalized spacial score (nSPS) is 11.8. The standard InChI is InChI=1S/C20H23FN2O3/c1-23(12-16-5-8-20(25-2)19(21)11-16)13-17(24)14-26-18-6-3-15(4-7-18)9-10-22/h3-8,11,17,24H,9,12-14H2,1-2H3/t17-/m0/s1. The molecule has 0 aliphatic heterocycles. The number of halogens is 1. The number of methoxy groups -OCH3 is 1. The Morgan fingerprint density at radius 1 is 1.19 bits per heavy atom. The van der Waals surface area contributed by atoms with Crippen molar-refractivity contribution in [1.82, 2.24) is 4.90 Å². The molecular weight excluding hydrogens is 335 g/mol. The molecule has 0 saturated carbocycles. The summed E-state index contributed by atoms with van der Waals surface area (Å²) in [6.45, 7) is 1.04. The van der Waals surface area contributed by atoms with Gasteiger partial charge in [-0.05, 0) is 42.4 Å². The molecule has 138 valence electrons. The van der Waals surface area contributed by atoms with Gasteiger partial charge in [-0.2, -0.15) is 5.26 Å². The SMILES string of the molecule is COc1ccc(CN(C)C[C@H](O)COc2ccc(CC#N)cc2)cc1F. The summed E-state index contributed by atoms with van der Waals surface area (Å²) in [4.78, 5) is 1.89. The van der Waals surface area contributed by atoms with E-state index in [1.54, 1.807) is 24.3 Å². The largest absolute Gasteiger partial charge is 0.494 e. The van der Waals surface area contributed by atoms with Gasteiger partial charge in [-0.3, -0.25) is 4.90 Å².